The van der Waals surface area contributed by atoms with Crippen LogP contribution in [0.25, 0.3) is 0 Å². The molecule has 0 aliphatic heterocycles. The molecule has 0 bridgehead atoms. The summed E-state index contributed by atoms with van der Waals surface area (Å²) < 4.78 is 0. The Morgan fingerprint density at radius 2 is 2.09 bits per heavy atom. The highest BCUT2D eigenvalue weighted by atomic mass is 16.3. The maximum absolute atomic E-state index is 9.85. The van der Waals surface area contributed by atoms with Crippen molar-refractivity contribution in [3.05, 3.63) is 11.1 Å². The van der Waals surface area contributed by atoms with Crippen molar-refractivity contribution in [3.63, 3.8) is 0 Å². The molecule has 0 saturated heterocycles. The van der Waals surface area contributed by atoms with E-state index in [2.05, 4.69) is 20.8 Å². The van der Waals surface area contributed by atoms with Gasteiger partial charge in [-0.1, -0.05) is 18.1 Å². The monoisotopic (exact) mass is 154 g/mol. The fourth-order valence-electron chi connectivity index (χ4n) is 1.88. The van der Waals surface area contributed by atoms with Gasteiger partial charge < -0.3 is 5.11 Å². The van der Waals surface area contributed by atoms with Crippen molar-refractivity contribution in [1.29, 1.82) is 0 Å². The molecule has 0 unspecified atom stereocenters. The van der Waals surface area contributed by atoms with E-state index in [4.69, 9.17) is 0 Å². The first-order valence-corrected chi connectivity index (χ1v) is 4.34. The van der Waals surface area contributed by atoms with Crippen LogP contribution in [-0.4, -0.2) is 10.7 Å². The topological polar surface area (TPSA) is 20.2 Å². The molecule has 1 N–H and O–H groups in total. The van der Waals surface area contributed by atoms with Gasteiger partial charge in [0.05, 0.1) is 5.60 Å². The van der Waals surface area contributed by atoms with Gasteiger partial charge in [-0.15, -0.1) is 0 Å². The number of allylic oxidation sites excluding steroid dienone is 1. The predicted octanol–water partition coefficient (Wildman–Crippen LogP) is 2.50. The van der Waals surface area contributed by atoms with Gasteiger partial charge in [-0.3, -0.25) is 0 Å². The number of aliphatic hydroxyl groups is 1. The van der Waals surface area contributed by atoms with Crippen LogP contribution in [0.1, 0.15) is 40.5 Å². The van der Waals surface area contributed by atoms with Crippen molar-refractivity contribution in [1.82, 2.24) is 0 Å². The molecule has 0 aromatic heterocycles. The fraction of sp³-hybridized carbons (Fsp3) is 0.800. The summed E-state index contributed by atoms with van der Waals surface area (Å²) in [5.74, 6) is 0.354. The van der Waals surface area contributed by atoms with Gasteiger partial charge in [-0.05, 0) is 33.6 Å². The van der Waals surface area contributed by atoms with E-state index in [9.17, 15) is 5.11 Å². The molecule has 1 fully saturated rings. The molecule has 0 aromatic rings. The van der Waals surface area contributed by atoms with E-state index in [0.717, 1.165) is 12.8 Å². The molecule has 1 aliphatic rings. The standard InChI is InChI=1S/C10H18O/c1-7(2)9-5-6-10(4,11)8(9)3/h8,11H,5-6H2,1-4H3/t8-,10-/m1/s1. The van der Waals surface area contributed by atoms with E-state index in [1.165, 1.54) is 11.1 Å². The Kier molecular flexibility index (Phi) is 2.10. The van der Waals surface area contributed by atoms with Crippen molar-refractivity contribution >= 4 is 0 Å². The van der Waals surface area contributed by atoms with E-state index in [0.29, 0.717) is 5.92 Å². The molecule has 1 saturated carbocycles. The van der Waals surface area contributed by atoms with E-state index in [1.54, 1.807) is 0 Å². The van der Waals surface area contributed by atoms with E-state index < -0.39 is 5.60 Å². The molecular formula is C10H18O. The Labute approximate surface area is 69.1 Å². The van der Waals surface area contributed by atoms with Gasteiger partial charge in [0.1, 0.15) is 0 Å². The minimum absolute atomic E-state index is 0.354. The maximum Gasteiger partial charge on any atom is 0.0685 e. The predicted molar refractivity (Wildman–Crippen MR) is 47.4 cm³/mol. The van der Waals surface area contributed by atoms with Gasteiger partial charge in [0.15, 0.2) is 0 Å². The van der Waals surface area contributed by atoms with Crippen LogP contribution in [0.15, 0.2) is 11.1 Å². The molecule has 0 aromatic carbocycles. The van der Waals surface area contributed by atoms with Crippen LogP contribution in [-0.2, 0) is 0 Å². The van der Waals surface area contributed by atoms with Gasteiger partial charge in [-0.2, -0.15) is 0 Å². The van der Waals surface area contributed by atoms with E-state index >= 15 is 0 Å². The smallest absolute Gasteiger partial charge is 0.0685 e. The van der Waals surface area contributed by atoms with Crippen LogP contribution in [0.3, 0.4) is 0 Å². The second kappa shape index (κ2) is 2.63. The molecule has 1 heteroatoms. The Morgan fingerprint density at radius 3 is 2.27 bits per heavy atom. The third-order valence-corrected chi connectivity index (χ3v) is 3.00. The van der Waals surface area contributed by atoms with Crippen molar-refractivity contribution in [3.8, 4) is 0 Å². The summed E-state index contributed by atoms with van der Waals surface area (Å²) in [5.41, 5.74) is 2.39. The molecule has 1 aliphatic carbocycles. The summed E-state index contributed by atoms with van der Waals surface area (Å²) in [5, 5.41) is 9.85. The normalized spacial score (nSPS) is 37.9. The van der Waals surface area contributed by atoms with Gasteiger partial charge >= 0.3 is 0 Å². The molecule has 0 heterocycles. The lowest BCUT2D eigenvalue weighted by Gasteiger charge is -2.22. The van der Waals surface area contributed by atoms with Gasteiger partial charge in [0.2, 0.25) is 0 Å². The Bertz CT molecular complexity index is 185. The third-order valence-electron chi connectivity index (χ3n) is 3.00. The molecule has 1 nitrogen and oxygen atoms in total. The Balaban J connectivity index is 2.88. The van der Waals surface area contributed by atoms with Crippen molar-refractivity contribution in [2.24, 2.45) is 5.92 Å². The zero-order chi connectivity index (χ0) is 8.65. The van der Waals surface area contributed by atoms with Gasteiger partial charge in [0.25, 0.3) is 0 Å². The van der Waals surface area contributed by atoms with Crippen LogP contribution in [0.5, 0.6) is 0 Å². The lowest BCUT2D eigenvalue weighted by atomic mass is 9.91. The van der Waals surface area contributed by atoms with Crippen molar-refractivity contribution in [2.45, 2.75) is 46.1 Å². The Hall–Kier alpha value is -0.300. The van der Waals surface area contributed by atoms with Gasteiger partial charge in [0, 0.05) is 5.92 Å². The lowest BCUT2D eigenvalue weighted by molar-refractivity contribution is 0.0350. The highest BCUT2D eigenvalue weighted by Crippen LogP contribution is 2.40. The molecule has 0 spiro atoms. The molecular weight excluding hydrogens is 136 g/mol. The zero-order valence-electron chi connectivity index (χ0n) is 7.94. The first-order chi connectivity index (χ1) is 4.95. The van der Waals surface area contributed by atoms with Crippen molar-refractivity contribution < 1.29 is 5.11 Å². The summed E-state index contributed by atoms with van der Waals surface area (Å²) in [6.07, 6.45) is 2.01. The highest BCUT2D eigenvalue weighted by Gasteiger charge is 2.37. The zero-order valence-corrected chi connectivity index (χ0v) is 7.94. The largest absolute Gasteiger partial charge is 0.390 e. The number of rotatable bonds is 0. The highest BCUT2D eigenvalue weighted by molar-refractivity contribution is 5.21. The third kappa shape index (κ3) is 1.48. The summed E-state index contributed by atoms with van der Waals surface area (Å²) in [6.45, 7) is 8.32. The average molecular weight is 154 g/mol. The minimum atomic E-state index is -0.452. The quantitative estimate of drug-likeness (QED) is 0.531. The molecule has 64 valence electrons. The second-order valence-electron chi connectivity index (χ2n) is 4.10. The molecule has 2 atom stereocenters. The minimum Gasteiger partial charge on any atom is -0.390 e. The molecule has 0 amide bonds. The average Bonchev–Trinajstić information content (AvgIpc) is 2.09. The summed E-state index contributed by atoms with van der Waals surface area (Å²) in [4.78, 5) is 0. The van der Waals surface area contributed by atoms with Crippen LogP contribution >= 0.6 is 0 Å². The molecule has 0 radical (unpaired) electrons. The molecule has 11 heavy (non-hydrogen) atoms. The first kappa shape index (κ1) is 8.79. The lowest BCUT2D eigenvalue weighted by Crippen LogP contribution is -2.27. The SMILES string of the molecule is CC(C)=C1CC[C@@](C)(O)[C@@H]1C. The first-order valence-electron chi connectivity index (χ1n) is 4.34. The van der Waals surface area contributed by atoms with Crippen LogP contribution in [0.2, 0.25) is 0 Å². The second-order valence-corrected chi connectivity index (χ2v) is 4.10. The Morgan fingerprint density at radius 1 is 1.55 bits per heavy atom. The van der Waals surface area contributed by atoms with Gasteiger partial charge in [-0.25, -0.2) is 0 Å². The molecule has 1 rings (SSSR count). The number of hydrogen-bond donors (Lipinski definition) is 1. The maximum atomic E-state index is 9.85. The van der Waals surface area contributed by atoms with Crippen molar-refractivity contribution in [2.75, 3.05) is 0 Å². The summed E-state index contributed by atoms with van der Waals surface area (Å²) in [6, 6.07) is 0. The van der Waals surface area contributed by atoms with Crippen LogP contribution in [0.4, 0.5) is 0 Å². The summed E-state index contributed by atoms with van der Waals surface area (Å²) >= 11 is 0. The van der Waals surface area contributed by atoms with E-state index in [1.807, 2.05) is 6.92 Å². The fourth-order valence-corrected chi connectivity index (χ4v) is 1.88. The van der Waals surface area contributed by atoms with Crippen LogP contribution in [0, 0.1) is 5.92 Å². The van der Waals surface area contributed by atoms with Crippen LogP contribution < -0.4 is 0 Å². The summed E-state index contributed by atoms with van der Waals surface area (Å²) in [7, 11) is 0. The number of hydrogen-bond acceptors (Lipinski definition) is 1. The van der Waals surface area contributed by atoms with E-state index in [-0.39, 0.29) is 0 Å².